The number of hydrogen-bond donors (Lipinski definition) is 1. The first-order valence-corrected chi connectivity index (χ1v) is 15.3. The molecular formula is C31H50Cl2N2. The van der Waals surface area contributed by atoms with E-state index in [0.29, 0.717) is 23.3 Å². The topological polar surface area (TPSA) is 15.3 Å². The monoisotopic (exact) mass is 520 g/mol. The molecule has 4 rings (SSSR count). The molecule has 0 spiro atoms. The largest absolute Gasteiger partial charge is 0.312 e. The lowest BCUT2D eigenvalue weighted by molar-refractivity contribution is 0.0116. The van der Waals surface area contributed by atoms with Crippen molar-refractivity contribution in [3.05, 3.63) is 33.9 Å². The van der Waals surface area contributed by atoms with Crippen molar-refractivity contribution in [3.63, 3.8) is 0 Å². The van der Waals surface area contributed by atoms with Crippen molar-refractivity contribution in [2.45, 2.75) is 97.9 Å². The predicted octanol–water partition coefficient (Wildman–Crippen LogP) is 8.52. The number of rotatable bonds is 8. The SMILES string of the molecule is CC(C)[C@H](CN1CC[C@H](C2CC=C(Cl)CC2)C(C)(C)C1)NCC1CC=CC(C2=C(Cl)CCCC2)C1. The average molecular weight is 522 g/mol. The Bertz CT molecular complexity index is 796. The Balaban J connectivity index is 1.28. The molecular weight excluding hydrogens is 471 g/mol. The van der Waals surface area contributed by atoms with Gasteiger partial charge in [-0.25, -0.2) is 0 Å². The van der Waals surface area contributed by atoms with Gasteiger partial charge in [0.25, 0.3) is 0 Å². The van der Waals surface area contributed by atoms with Gasteiger partial charge in [0.15, 0.2) is 0 Å². The van der Waals surface area contributed by atoms with Gasteiger partial charge in [-0.1, -0.05) is 69.1 Å². The maximum absolute atomic E-state index is 6.65. The van der Waals surface area contributed by atoms with Crippen molar-refractivity contribution in [1.82, 2.24) is 10.2 Å². The molecule has 3 unspecified atom stereocenters. The van der Waals surface area contributed by atoms with E-state index in [2.05, 4.69) is 56.1 Å². The zero-order valence-electron chi connectivity index (χ0n) is 22.8. The van der Waals surface area contributed by atoms with Crippen molar-refractivity contribution < 1.29 is 0 Å². The minimum Gasteiger partial charge on any atom is -0.312 e. The quantitative estimate of drug-likeness (QED) is 0.322. The number of nitrogens with zero attached hydrogens (tertiary/aromatic N) is 1. The zero-order chi connectivity index (χ0) is 25.0. The van der Waals surface area contributed by atoms with E-state index in [1.807, 2.05) is 0 Å². The maximum atomic E-state index is 6.65. The summed E-state index contributed by atoms with van der Waals surface area (Å²) < 4.78 is 0. The van der Waals surface area contributed by atoms with Crippen molar-refractivity contribution in [3.8, 4) is 0 Å². The van der Waals surface area contributed by atoms with Gasteiger partial charge in [0, 0.05) is 29.2 Å². The smallest absolute Gasteiger partial charge is 0.0218 e. The van der Waals surface area contributed by atoms with Gasteiger partial charge >= 0.3 is 0 Å². The second-order valence-electron chi connectivity index (χ2n) is 13.1. The van der Waals surface area contributed by atoms with Gasteiger partial charge < -0.3 is 10.2 Å². The van der Waals surface area contributed by atoms with E-state index in [9.17, 15) is 0 Å². The Labute approximate surface area is 226 Å². The Morgan fingerprint density at radius 1 is 1.09 bits per heavy atom. The van der Waals surface area contributed by atoms with Gasteiger partial charge in [0.2, 0.25) is 0 Å². The number of likely N-dealkylation sites (tertiary alicyclic amines) is 1. The zero-order valence-corrected chi connectivity index (χ0v) is 24.3. The van der Waals surface area contributed by atoms with Crippen molar-refractivity contribution in [2.75, 3.05) is 26.2 Å². The lowest BCUT2D eigenvalue weighted by Crippen LogP contribution is -2.53. The standard InChI is InChI=1S/C31H50Cl2N2/c1-22(2)30(34-19-23-8-7-9-25(18-23)27-10-5-6-11-29(27)33)20-35-17-16-28(31(3,4)21-35)24-12-14-26(32)15-13-24/h7,9,14,22-25,28,30,34H,5-6,8,10-13,15-21H2,1-4H3/t23?,24?,25?,28-,30+/m1/s1. The summed E-state index contributed by atoms with van der Waals surface area (Å²) in [7, 11) is 0. The van der Waals surface area contributed by atoms with Crippen LogP contribution in [0.4, 0.5) is 0 Å². The van der Waals surface area contributed by atoms with E-state index in [-0.39, 0.29) is 0 Å². The molecule has 0 saturated carbocycles. The van der Waals surface area contributed by atoms with Crippen molar-refractivity contribution in [1.29, 1.82) is 0 Å². The molecule has 1 saturated heterocycles. The summed E-state index contributed by atoms with van der Waals surface area (Å²) in [6.45, 7) is 14.6. The highest BCUT2D eigenvalue weighted by molar-refractivity contribution is 6.30. The fourth-order valence-corrected chi connectivity index (χ4v) is 8.05. The third-order valence-electron chi connectivity index (χ3n) is 9.60. The first-order valence-electron chi connectivity index (χ1n) is 14.6. The summed E-state index contributed by atoms with van der Waals surface area (Å²) >= 11 is 12.9. The molecule has 1 aliphatic heterocycles. The molecule has 2 nitrogen and oxygen atoms in total. The number of piperidine rings is 1. The van der Waals surface area contributed by atoms with E-state index in [1.54, 1.807) is 5.57 Å². The van der Waals surface area contributed by atoms with Gasteiger partial charge in [-0.05, 0) is 118 Å². The number of halogens is 2. The number of nitrogens with one attached hydrogen (secondary N) is 1. The molecule has 3 aliphatic carbocycles. The van der Waals surface area contributed by atoms with E-state index in [4.69, 9.17) is 23.2 Å². The predicted molar refractivity (Wildman–Crippen MR) is 153 cm³/mol. The van der Waals surface area contributed by atoms with Gasteiger partial charge in [0.1, 0.15) is 0 Å². The third kappa shape index (κ3) is 7.40. The highest BCUT2D eigenvalue weighted by atomic mass is 35.5. The molecule has 1 N–H and O–H groups in total. The highest BCUT2D eigenvalue weighted by Crippen LogP contribution is 2.45. The normalized spacial score (nSPS) is 33.2. The van der Waals surface area contributed by atoms with E-state index < -0.39 is 0 Å². The molecule has 5 atom stereocenters. The van der Waals surface area contributed by atoms with Crippen LogP contribution >= 0.6 is 23.2 Å². The molecule has 0 radical (unpaired) electrons. The second kappa shape index (κ2) is 12.5. The summed E-state index contributed by atoms with van der Waals surface area (Å²) in [5.74, 6) is 3.57. The van der Waals surface area contributed by atoms with Gasteiger partial charge in [-0.15, -0.1) is 0 Å². The van der Waals surface area contributed by atoms with Gasteiger partial charge in [-0.3, -0.25) is 0 Å². The van der Waals surface area contributed by atoms with Crippen molar-refractivity contribution >= 4 is 23.2 Å². The summed E-state index contributed by atoms with van der Waals surface area (Å²) in [5, 5.41) is 6.28. The Hall–Kier alpha value is -0.280. The van der Waals surface area contributed by atoms with E-state index in [0.717, 1.165) is 47.2 Å². The summed E-state index contributed by atoms with van der Waals surface area (Å²) in [5.41, 5.74) is 1.91. The first kappa shape index (κ1) is 27.7. The molecule has 0 aromatic rings. The minimum atomic E-state index is 0.372. The van der Waals surface area contributed by atoms with Crippen LogP contribution < -0.4 is 5.32 Å². The molecule has 4 aliphatic rings. The molecule has 198 valence electrons. The van der Waals surface area contributed by atoms with Crippen LogP contribution in [0.1, 0.15) is 91.9 Å². The molecule has 1 heterocycles. The second-order valence-corrected chi connectivity index (χ2v) is 14.0. The van der Waals surface area contributed by atoms with Crippen LogP contribution in [-0.2, 0) is 0 Å². The average Bonchev–Trinajstić information content (AvgIpc) is 2.82. The fraction of sp³-hybridized carbons (Fsp3) is 0.806. The molecule has 4 heteroatoms. The molecule has 0 aromatic heterocycles. The van der Waals surface area contributed by atoms with Crippen LogP contribution in [0.2, 0.25) is 0 Å². The van der Waals surface area contributed by atoms with Crippen LogP contribution in [0.15, 0.2) is 33.9 Å². The maximum Gasteiger partial charge on any atom is 0.0218 e. The van der Waals surface area contributed by atoms with Crippen LogP contribution in [0.5, 0.6) is 0 Å². The lowest BCUT2D eigenvalue weighted by Gasteiger charge is -2.49. The molecule has 35 heavy (non-hydrogen) atoms. The number of hydrogen-bond acceptors (Lipinski definition) is 2. The summed E-state index contributed by atoms with van der Waals surface area (Å²) in [6, 6.07) is 0.556. The molecule has 0 aromatic carbocycles. The number of allylic oxidation sites excluding steroid dienone is 6. The fourth-order valence-electron chi connectivity index (χ4n) is 7.48. The Kier molecular flexibility index (Phi) is 9.92. The van der Waals surface area contributed by atoms with Crippen LogP contribution in [0, 0.1) is 35.0 Å². The first-order chi connectivity index (χ1) is 16.7. The lowest BCUT2D eigenvalue weighted by atomic mass is 9.65. The van der Waals surface area contributed by atoms with Crippen LogP contribution in [0.25, 0.3) is 0 Å². The van der Waals surface area contributed by atoms with Gasteiger partial charge in [-0.2, -0.15) is 0 Å². The third-order valence-corrected chi connectivity index (χ3v) is 10.4. The van der Waals surface area contributed by atoms with Crippen LogP contribution in [-0.4, -0.2) is 37.1 Å². The van der Waals surface area contributed by atoms with Crippen LogP contribution in [0.3, 0.4) is 0 Å². The van der Waals surface area contributed by atoms with Gasteiger partial charge in [0.05, 0.1) is 0 Å². The minimum absolute atomic E-state index is 0.372. The molecule has 1 fully saturated rings. The van der Waals surface area contributed by atoms with Crippen molar-refractivity contribution in [2.24, 2.45) is 35.0 Å². The molecule has 0 amide bonds. The highest BCUT2D eigenvalue weighted by Gasteiger charge is 2.40. The van der Waals surface area contributed by atoms with E-state index in [1.165, 1.54) is 71.0 Å². The van der Waals surface area contributed by atoms with E-state index >= 15 is 0 Å². The molecule has 0 bridgehead atoms. The summed E-state index contributed by atoms with van der Waals surface area (Å²) in [6.07, 6.45) is 19.4. The summed E-state index contributed by atoms with van der Waals surface area (Å²) in [4.78, 5) is 2.76. The Morgan fingerprint density at radius 2 is 1.89 bits per heavy atom. The Morgan fingerprint density at radius 3 is 2.57 bits per heavy atom.